The van der Waals surface area contributed by atoms with Crippen molar-refractivity contribution < 1.29 is 19.0 Å². The number of carbonyl (C=O) groups is 1. The molecule has 1 aliphatic rings. The maximum Gasteiger partial charge on any atom is 0.318 e. The number of hydrogen-bond acceptors (Lipinski definition) is 4. The van der Waals surface area contributed by atoms with E-state index < -0.39 is 6.48 Å². The lowest BCUT2D eigenvalue weighted by Gasteiger charge is -2.35. The Morgan fingerprint density at radius 2 is 1.22 bits per heavy atom. The summed E-state index contributed by atoms with van der Waals surface area (Å²) < 4.78 is 17.4. The molecule has 4 nitrogen and oxygen atoms in total. The van der Waals surface area contributed by atoms with Crippen molar-refractivity contribution >= 4 is 5.97 Å². The lowest BCUT2D eigenvalue weighted by atomic mass is 9.99. The summed E-state index contributed by atoms with van der Waals surface area (Å²) in [6.07, 6.45) is 18.3. The molecule has 27 heavy (non-hydrogen) atoms. The largest absolute Gasteiger partial charge is 0.410 e. The third-order valence-corrected chi connectivity index (χ3v) is 5.35. The fourth-order valence-electron chi connectivity index (χ4n) is 3.62. The molecule has 0 radical (unpaired) electrons. The van der Waals surface area contributed by atoms with Crippen LogP contribution in [0.25, 0.3) is 0 Å². The number of ether oxygens (including phenoxy) is 3. The topological polar surface area (TPSA) is 44.8 Å². The summed E-state index contributed by atoms with van der Waals surface area (Å²) in [7, 11) is 0. The van der Waals surface area contributed by atoms with Crippen LogP contribution in [0.2, 0.25) is 0 Å². The fraction of sp³-hybridized carbons (Fsp3) is 0.957. The standard InChI is InChI=1S/C23H44O4/c1-4-7-10-12-14-16-20-19-21(17-15-13-11-8-5-2)26-23(25-20)27-22(24)18-9-6-3/h20-21,23H,4-19H2,1-3H3. The van der Waals surface area contributed by atoms with Crippen LogP contribution < -0.4 is 0 Å². The molecule has 0 N–H and O–H groups in total. The first-order chi connectivity index (χ1) is 13.2. The van der Waals surface area contributed by atoms with Gasteiger partial charge >= 0.3 is 12.4 Å². The summed E-state index contributed by atoms with van der Waals surface area (Å²) in [4.78, 5) is 12.0. The minimum absolute atomic E-state index is 0.157. The van der Waals surface area contributed by atoms with Crippen LogP contribution in [0, 0.1) is 0 Å². The fourth-order valence-corrected chi connectivity index (χ4v) is 3.62. The molecule has 1 heterocycles. The molecule has 160 valence electrons. The Labute approximate surface area is 167 Å². The van der Waals surface area contributed by atoms with Gasteiger partial charge < -0.3 is 14.2 Å². The Balaban J connectivity index is 2.40. The number of esters is 1. The average Bonchev–Trinajstić information content (AvgIpc) is 2.66. The average molecular weight is 385 g/mol. The highest BCUT2D eigenvalue weighted by Gasteiger charge is 2.31. The van der Waals surface area contributed by atoms with Crippen molar-refractivity contribution in [1.82, 2.24) is 0 Å². The second-order valence-electron chi connectivity index (χ2n) is 8.04. The lowest BCUT2D eigenvalue weighted by Crippen LogP contribution is -2.40. The molecular weight excluding hydrogens is 340 g/mol. The van der Waals surface area contributed by atoms with E-state index in [1.165, 1.54) is 64.2 Å². The molecule has 1 saturated heterocycles. The Morgan fingerprint density at radius 3 is 1.70 bits per heavy atom. The first-order valence-corrected chi connectivity index (χ1v) is 11.7. The molecule has 0 spiro atoms. The zero-order valence-electron chi connectivity index (χ0n) is 18.2. The van der Waals surface area contributed by atoms with Gasteiger partial charge in [0.1, 0.15) is 0 Å². The molecule has 0 aliphatic carbocycles. The van der Waals surface area contributed by atoms with Gasteiger partial charge in [-0.25, -0.2) is 0 Å². The highest BCUT2D eigenvalue weighted by atomic mass is 16.9. The van der Waals surface area contributed by atoms with Gasteiger partial charge in [-0.1, -0.05) is 91.4 Å². The number of hydrogen-bond donors (Lipinski definition) is 0. The van der Waals surface area contributed by atoms with E-state index in [4.69, 9.17) is 14.2 Å². The van der Waals surface area contributed by atoms with Crippen LogP contribution in [0.15, 0.2) is 0 Å². The van der Waals surface area contributed by atoms with Gasteiger partial charge in [-0.3, -0.25) is 4.79 Å². The van der Waals surface area contributed by atoms with Gasteiger partial charge in [0.05, 0.1) is 12.2 Å². The summed E-state index contributed by atoms with van der Waals surface area (Å²) in [5.41, 5.74) is 0. The van der Waals surface area contributed by atoms with Gasteiger partial charge in [-0.05, 0) is 19.3 Å². The van der Waals surface area contributed by atoms with Crippen LogP contribution >= 0.6 is 0 Å². The Hall–Kier alpha value is -0.610. The SMILES string of the molecule is CCCCCCCC1CC(CCCCCCC)OC(OC(=O)CCCC)O1. The predicted molar refractivity (Wildman–Crippen MR) is 111 cm³/mol. The van der Waals surface area contributed by atoms with Crippen molar-refractivity contribution in [3.8, 4) is 0 Å². The smallest absolute Gasteiger partial charge is 0.318 e. The van der Waals surface area contributed by atoms with E-state index in [0.29, 0.717) is 6.42 Å². The van der Waals surface area contributed by atoms with E-state index in [1.54, 1.807) is 0 Å². The van der Waals surface area contributed by atoms with Gasteiger partial charge in [0.15, 0.2) is 0 Å². The van der Waals surface area contributed by atoms with Crippen molar-refractivity contribution in [2.24, 2.45) is 0 Å². The van der Waals surface area contributed by atoms with Crippen molar-refractivity contribution in [2.75, 3.05) is 0 Å². The zero-order valence-corrected chi connectivity index (χ0v) is 18.2. The van der Waals surface area contributed by atoms with E-state index in [9.17, 15) is 4.79 Å². The number of rotatable bonds is 16. The molecule has 0 aromatic heterocycles. The number of carbonyl (C=O) groups excluding carboxylic acids is 1. The Morgan fingerprint density at radius 1 is 0.741 bits per heavy atom. The van der Waals surface area contributed by atoms with Crippen molar-refractivity contribution in [3.05, 3.63) is 0 Å². The van der Waals surface area contributed by atoms with E-state index in [-0.39, 0.29) is 18.2 Å². The third kappa shape index (κ3) is 12.5. The quantitative estimate of drug-likeness (QED) is 0.214. The van der Waals surface area contributed by atoms with Gasteiger partial charge in [0.2, 0.25) is 0 Å². The normalized spacial score (nSPS) is 22.7. The second-order valence-corrected chi connectivity index (χ2v) is 8.04. The summed E-state index contributed by atoms with van der Waals surface area (Å²) in [6.45, 7) is 5.75. The van der Waals surface area contributed by atoms with Crippen molar-refractivity contribution in [1.29, 1.82) is 0 Å². The zero-order chi connectivity index (χ0) is 19.7. The molecule has 0 amide bonds. The molecule has 0 aromatic carbocycles. The first-order valence-electron chi connectivity index (χ1n) is 11.7. The Bertz CT molecular complexity index is 336. The van der Waals surface area contributed by atoms with Gasteiger partial charge in [-0.15, -0.1) is 0 Å². The first kappa shape index (κ1) is 24.4. The lowest BCUT2D eigenvalue weighted by molar-refractivity contribution is -0.338. The molecular formula is C23H44O4. The molecule has 2 atom stereocenters. The maximum absolute atomic E-state index is 12.0. The molecule has 4 heteroatoms. The van der Waals surface area contributed by atoms with Crippen LogP contribution in [0.1, 0.15) is 124 Å². The molecule has 1 fully saturated rings. The van der Waals surface area contributed by atoms with Crippen LogP contribution in [0.4, 0.5) is 0 Å². The second kappa shape index (κ2) is 16.4. The van der Waals surface area contributed by atoms with Gasteiger partial charge in [-0.2, -0.15) is 0 Å². The summed E-state index contributed by atoms with van der Waals surface area (Å²) in [6, 6.07) is 0. The highest BCUT2D eigenvalue weighted by molar-refractivity contribution is 5.69. The molecule has 0 aromatic rings. The minimum Gasteiger partial charge on any atom is -0.410 e. The van der Waals surface area contributed by atoms with Crippen LogP contribution in [-0.4, -0.2) is 24.7 Å². The third-order valence-electron chi connectivity index (χ3n) is 5.35. The number of unbranched alkanes of at least 4 members (excludes halogenated alkanes) is 9. The minimum atomic E-state index is -0.801. The predicted octanol–water partition coefficient (Wildman–Crippen LogP) is 6.90. The van der Waals surface area contributed by atoms with Crippen LogP contribution in [-0.2, 0) is 19.0 Å². The summed E-state index contributed by atoms with van der Waals surface area (Å²) in [5, 5.41) is 0. The van der Waals surface area contributed by atoms with Gasteiger partial charge in [0, 0.05) is 12.8 Å². The summed E-state index contributed by atoms with van der Waals surface area (Å²) >= 11 is 0. The van der Waals surface area contributed by atoms with E-state index in [1.807, 2.05) is 0 Å². The van der Waals surface area contributed by atoms with E-state index in [2.05, 4.69) is 20.8 Å². The molecule has 1 rings (SSSR count). The molecule has 2 unspecified atom stereocenters. The Kier molecular flexibility index (Phi) is 14.8. The summed E-state index contributed by atoms with van der Waals surface area (Å²) in [5.74, 6) is -0.202. The van der Waals surface area contributed by atoms with E-state index in [0.717, 1.165) is 32.1 Å². The van der Waals surface area contributed by atoms with Crippen molar-refractivity contribution in [3.63, 3.8) is 0 Å². The highest BCUT2D eigenvalue weighted by Crippen LogP contribution is 2.27. The molecule has 1 aliphatic heterocycles. The monoisotopic (exact) mass is 384 g/mol. The van der Waals surface area contributed by atoms with Crippen LogP contribution in [0.3, 0.4) is 0 Å². The maximum atomic E-state index is 12.0. The van der Waals surface area contributed by atoms with Crippen molar-refractivity contribution in [2.45, 2.75) is 142 Å². The van der Waals surface area contributed by atoms with E-state index >= 15 is 0 Å². The molecule has 0 bridgehead atoms. The van der Waals surface area contributed by atoms with Crippen LogP contribution in [0.5, 0.6) is 0 Å². The molecule has 0 saturated carbocycles. The van der Waals surface area contributed by atoms with Gasteiger partial charge in [0.25, 0.3) is 0 Å².